The lowest BCUT2D eigenvalue weighted by Crippen LogP contribution is -2.20. The monoisotopic (exact) mass is 251 g/mol. The van der Waals surface area contributed by atoms with Gasteiger partial charge >= 0.3 is 6.18 Å². The minimum absolute atomic E-state index is 0.116. The summed E-state index contributed by atoms with van der Waals surface area (Å²) in [7, 11) is 0. The number of nitrogens with two attached hydrogens (primary N) is 1. The van der Waals surface area contributed by atoms with Gasteiger partial charge in [-0.25, -0.2) is 0 Å². The molecule has 1 aromatic carbocycles. The minimum Gasteiger partial charge on any atom is -0.399 e. The van der Waals surface area contributed by atoms with E-state index >= 15 is 0 Å². The Hall–Kier alpha value is -0.900. The molecule has 0 saturated carbocycles. The second kappa shape index (κ2) is 3.84. The van der Waals surface area contributed by atoms with Crippen molar-refractivity contribution in [2.45, 2.75) is 32.4 Å². The van der Waals surface area contributed by atoms with Gasteiger partial charge in [-0.2, -0.15) is 13.2 Å². The zero-order valence-electron chi connectivity index (χ0n) is 9.24. The fourth-order valence-corrected chi connectivity index (χ4v) is 1.84. The standard InChI is InChI=1S/C11H13ClF3N/c1-10(2,3)7-4-6(16)5-8(12)9(7)11(13,14)15/h4-5H,16H2,1-3H3. The molecule has 16 heavy (non-hydrogen) atoms. The first-order valence-electron chi connectivity index (χ1n) is 4.70. The maximum atomic E-state index is 12.8. The van der Waals surface area contributed by atoms with Gasteiger partial charge < -0.3 is 5.73 Å². The quantitative estimate of drug-likeness (QED) is 0.686. The fraction of sp³-hybridized carbons (Fsp3) is 0.455. The number of alkyl halides is 3. The van der Waals surface area contributed by atoms with E-state index in [0.29, 0.717) is 0 Å². The van der Waals surface area contributed by atoms with Gasteiger partial charge in [0, 0.05) is 5.69 Å². The minimum atomic E-state index is -4.46. The van der Waals surface area contributed by atoms with Crippen molar-refractivity contribution >= 4 is 17.3 Å². The van der Waals surface area contributed by atoms with Crippen molar-refractivity contribution in [1.29, 1.82) is 0 Å². The van der Waals surface area contributed by atoms with Crippen LogP contribution in [-0.4, -0.2) is 0 Å². The molecule has 0 radical (unpaired) electrons. The highest BCUT2D eigenvalue weighted by Crippen LogP contribution is 2.42. The van der Waals surface area contributed by atoms with Crippen LogP contribution in [0.4, 0.5) is 18.9 Å². The van der Waals surface area contributed by atoms with E-state index in [9.17, 15) is 13.2 Å². The van der Waals surface area contributed by atoms with E-state index in [0.717, 1.165) is 6.07 Å². The summed E-state index contributed by atoms with van der Waals surface area (Å²) >= 11 is 5.63. The van der Waals surface area contributed by atoms with Gasteiger partial charge in [-0.1, -0.05) is 32.4 Å². The summed E-state index contributed by atoms with van der Waals surface area (Å²) in [6, 6.07) is 2.45. The summed E-state index contributed by atoms with van der Waals surface area (Å²) in [6.45, 7) is 5.06. The molecule has 0 aliphatic carbocycles. The lowest BCUT2D eigenvalue weighted by Gasteiger charge is -2.25. The predicted octanol–water partition coefficient (Wildman–Crippen LogP) is 4.24. The molecule has 90 valence electrons. The van der Waals surface area contributed by atoms with Crippen LogP contribution in [0.2, 0.25) is 5.02 Å². The fourth-order valence-electron chi connectivity index (χ4n) is 1.51. The van der Waals surface area contributed by atoms with Crippen LogP contribution in [0.1, 0.15) is 31.9 Å². The second-order valence-electron chi connectivity index (χ2n) is 4.67. The van der Waals surface area contributed by atoms with Crippen LogP contribution < -0.4 is 5.73 Å². The Labute approximate surface area is 97.4 Å². The first kappa shape index (κ1) is 13.2. The summed E-state index contributed by atoms with van der Waals surface area (Å²) in [6.07, 6.45) is -4.46. The second-order valence-corrected chi connectivity index (χ2v) is 5.08. The molecule has 0 aliphatic rings. The molecule has 0 spiro atoms. The Morgan fingerprint density at radius 1 is 1.12 bits per heavy atom. The summed E-state index contributed by atoms with van der Waals surface area (Å²) < 4.78 is 38.5. The summed E-state index contributed by atoms with van der Waals surface area (Å²) in [5, 5.41) is -0.350. The first-order valence-corrected chi connectivity index (χ1v) is 5.08. The smallest absolute Gasteiger partial charge is 0.399 e. The molecule has 0 aromatic heterocycles. The van der Waals surface area contributed by atoms with Crippen molar-refractivity contribution in [2.24, 2.45) is 0 Å². The molecule has 0 heterocycles. The van der Waals surface area contributed by atoms with Gasteiger partial charge in [0.2, 0.25) is 0 Å². The number of nitrogen functional groups attached to an aromatic ring is 1. The molecular weight excluding hydrogens is 239 g/mol. The highest BCUT2D eigenvalue weighted by molar-refractivity contribution is 6.31. The molecule has 1 rings (SSSR count). The number of halogens is 4. The van der Waals surface area contributed by atoms with E-state index in [-0.39, 0.29) is 16.3 Å². The third kappa shape index (κ3) is 2.61. The molecule has 0 atom stereocenters. The zero-order chi connectivity index (χ0) is 12.7. The van der Waals surface area contributed by atoms with E-state index in [1.54, 1.807) is 20.8 Å². The molecule has 1 nitrogen and oxygen atoms in total. The number of benzene rings is 1. The average molecular weight is 252 g/mol. The maximum absolute atomic E-state index is 12.8. The molecule has 0 unspecified atom stereocenters. The Kier molecular flexibility index (Phi) is 3.16. The van der Waals surface area contributed by atoms with Crippen molar-refractivity contribution in [3.05, 3.63) is 28.3 Å². The molecule has 0 aliphatic heterocycles. The molecule has 0 fully saturated rings. The van der Waals surface area contributed by atoms with Gasteiger partial charge in [-0.3, -0.25) is 0 Å². The van der Waals surface area contributed by atoms with Crippen molar-refractivity contribution in [3.8, 4) is 0 Å². The number of anilines is 1. The van der Waals surface area contributed by atoms with E-state index < -0.39 is 17.2 Å². The molecule has 1 aromatic rings. The molecule has 0 amide bonds. The molecule has 5 heteroatoms. The predicted molar refractivity (Wildman–Crippen MR) is 59.6 cm³/mol. The van der Waals surface area contributed by atoms with Crippen LogP contribution in [0.5, 0.6) is 0 Å². The Balaban J connectivity index is 3.58. The SMILES string of the molecule is CC(C)(C)c1cc(N)cc(Cl)c1C(F)(F)F. The molecule has 0 saturated heterocycles. The third-order valence-corrected chi connectivity index (χ3v) is 2.50. The average Bonchev–Trinajstić information content (AvgIpc) is 1.97. The number of hydrogen-bond donors (Lipinski definition) is 1. The summed E-state index contributed by atoms with van der Waals surface area (Å²) in [4.78, 5) is 0. The molecular formula is C11H13ClF3N. The Bertz CT molecular complexity index is 405. The summed E-state index contributed by atoms with van der Waals surface area (Å²) in [5.74, 6) is 0. The summed E-state index contributed by atoms with van der Waals surface area (Å²) in [5.41, 5.74) is 4.41. The van der Waals surface area contributed by atoms with Crippen molar-refractivity contribution in [1.82, 2.24) is 0 Å². The van der Waals surface area contributed by atoms with E-state index in [1.165, 1.54) is 6.07 Å². The lowest BCUT2D eigenvalue weighted by atomic mass is 9.83. The van der Waals surface area contributed by atoms with Crippen LogP contribution in [-0.2, 0) is 11.6 Å². The van der Waals surface area contributed by atoms with Crippen molar-refractivity contribution < 1.29 is 13.2 Å². The number of hydrogen-bond acceptors (Lipinski definition) is 1. The van der Waals surface area contributed by atoms with Crippen molar-refractivity contribution in [3.63, 3.8) is 0 Å². The zero-order valence-corrected chi connectivity index (χ0v) is 10.00. The van der Waals surface area contributed by atoms with Gasteiger partial charge in [0.15, 0.2) is 0 Å². The van der Waals surface area contributed by atoms with Crippen LogP contribution in [0, 0.1) is 0 Å². The number of rotatable bonds is 0. The highest BCUT2D eigenvalue weighted by Gasteiger charge is 2.38. The maximum Gasteiger partial charge on any atom is 0.418 e. The van der Waals surface area contributed by atoms with Crippen LogP contribution in [0.15, 0.2) is 12.1 Å². The Morgan fingerprint density at radius 2 is 1.62 bits per heavy atom. The van der Waals surface area contributed by atoms with Gasteiger partial charge in [-0.15, -0.1) is 0 Å². The molecule has 2 N–H and O–H groups in total. The van der Waals surface area contributed by atoms with Crippen LogP contribution >= 0.6 is 11.6 Å². The van der Waals surface area contributed by atoms with Gasteiger partial charge in [0.1, 0.15) is 0 Å². The van der Waals surface area contributed by atoms with E-state index in [4.69, 9.17) is 17.3 Å². The van der Waals surface area contributed by atoms with Crippen LogP contribution in [0.3, 0.4) is 0 Å². The van der Waals surface area contributed by atoms with E-state index in [2.05, 4.69) is 0 Å². The largest absolute Gasteiger partial charge is 0.418 e. The van der Waals surface area contributed by atoms with Gasteiger partial charge in [0.25, 0.3) is 0 Å². The molecule has 0 bridgehead atoms. The highest BCUT2D eigenvalue weighted by atomic mass is 35.5. The van der Waals surface area contributed by atoms with E-state index in [1.807, 2.05) is 0 Å². The van der Waals surface area contributed by atoms with Gasteiger partial charge in [0.05, 0.1) is 10.6 Å². The topological polar surface area (TPSA) is 26.0 Å². The van der Waals surface area contributed by atoms with Gasteiger partial charge in [-0.05, 0) is 23.1 Å². The normalized spacial score (nSPS) is 12.9. The first-order chi connectivity index (χ1) is 7.03. The Morgan fingerprint density at radius 3 is 2.00 bits per heavy atom. The van der Waals surface area contributed by atoms with Crippen LogP contribution in [0.25, 0.3) is 0 Å². The van der Waals surface area contributed by atoms with Crippen molar-refractivity contribution in [2.75, 3.05) is 5.73 Å². The third-order valence-electron chi connectivity index (χ3n) is 2.20. The lowest BCUT2D eigenvalue weighted by molar-refractivity contribution is -0.138.